The predicted octanol–water partition coefficient (Wildman–Crippen LogP) is 1.14. The van der Waals surface area contributed by atoms with Gasteiger partial charge in [-0.1, -0.05) is 25.6 Å². The third-order valence-electron chi connectivity index (χ3n) is 2.37. The van der Waals surface area contributed by atoms with Crippen LogP contribution in [0.2, 0.25) is 0 Å². The van der Waals surface area contributed by atoms with Crippen molar-refractivity contribution in [1.82, 2.24) is 5.32 Å². The fourth-order valence-electron chi connectivity index (χ4n) is 1.52. The van der Waals surface area contributed by atoms with Crippen LogP contribution in [0.5, 0.6) is 0 Å². The molecule has 1 unspecified atom stereocenters. The molecule has 0 saturated heterocycles. The van der Waals surface area contributed by atoms with Gasteiger partial charge in [0.2, 0.25) is 0 Å². The van der Waals surface area contributed by atoms with E-state index in [1.807, 2.05) is 6.92 Å². The topological polar surface area (TPSA) is 58.5 Å². The molecule has 0 aromatic carbocycles. The highest BCUT2D eigenvalue weighted by Gasteiger charge is 2.22. The van der Waals surface area contributed by atoms with Gasteiger partial charge in [0.05, 0.1) is 11.8 Å². The van der Waals surface area contributed by atoms with Crippen molar-refractivity contribution >= 4 is 26.8 Å². The van der Waals surface area contributed by atoms with Crippen molar-refractivity contribution in [2.45, 2.75) is 32.9 Å². The van der Waals surface area contributed by atoms with Gasteiger partial charge in [0.25, 0.3) is 0 Å². The monoisotopic (exact) mass is 264 g/mol. The number of sulfone groups is 1. The van der Waals surface area contributed by atoms with E-state index in [9.17, 15) is 8.42 Å². The highest BCUT2D eigenvalue weighted by molar-refractivity contribution is 8.14. The molecule has 0 saturated carbocycles. The molecule has 1 N–H and O–H groups in total. The Hall–Kier alpha value is -0.230. The molecule has 4 nitrogen and oxygen atoms in total. The maximum Gasteiger partial charge on any atom is 0.157 e. The summed E-state index contributed by atoms with van der Waals surface area (Å²) in [6.45, 7) is 6.17. The number of rotatable bonds is 4. The van der Waals surface area contributed by atoms with Crippen molar-refractivity contribution in [3.63, 3.8) is 0 Å². The van der Waals surface area contributed by atoms with E-state index < -0.39 is 9.84 Å². The molecule has 1 rings (SSSR count). The maximum atomic E-state index is 11.1. The number of hydrogen-bond donors (Lipinski definition) is 1. The van der Waals surface area contributed by atoms with Crippen molar-refractivity contribution in [3.8, 4) is 0 Å². The van der Waals surface area contributed by atoms with Crippen molar-refractivity contribution in [2.24, 2.45) is 10.9 Å². The van der Waals surface area contributed by atoms with Gasteiger partial charge in [-0.2, -0.15) is 0 Å². The van der Waals surface area contributed by atoms with Crippen LogP contribution in [0.25, 0.3) is 0 Å². The van der Waals surface area contributed by atoms with E-state index in [0.717, 1.165) is 10.9 Å². The zero-order chi connectivity index (χ0) is 12.3. The molecule has 1 aliphatic heterocycles. The number of aliphatic imine (C=N–C) groups is 1. The number of nitrogens with zero attached hydrogens (tertiary/aromatic N) is 1. The van der Waals surface area contributed by atoms with Gasteiger partial charge in [0, 0.05) is 18.1 Å². The first-order chi connectivity index (χ1) is 7.28. The number of amidine groups is 1. The van der Waals surface area contributed by atoms with Gasteiger partial charge in [0.15, 0.2) is 5.17 Å². The number of hydrogen-bond acceptors (Lipinski definition) is 5. The lowest BCUT2D eigenvalue weighted by molar-refractivity contribution is 0.541. The lowest BCUT2D eigenvalue weighted by atomic mass is 10.1. The Labute approximate surface area is 102 Å². The summed E-state index contributed by atoms with van der Waals surface area (Å²) in [6, 6.07) is 0.282. The van der Waals surface area contributed by atoms with Gasteiger partial charge in [-0.25, -0.2) is 8.42 Å². The van der Waals surface area contributed by atoms with Crippen molar-refractivity contribution < 1.29 is 8.42 Å². The molecular formula is C10H20N2O2S2. The summed E-state index contributed by atoms with van der Waals surface area (Å²) in [5.74, 6) is 1.68. The van der Waals surface area contributed by atoms with Gasteiger partial charge >= 0.3 is 0 Å². The number of thioether (sulfide) groups is 1. The smallest absolute Gasteiger partial charge is 0.157 e. The van der Waals surface area contributed by atoms with E-state index in [4.69, 9.17) is 0 Å². The average Bonchev–Trinajstić information content (AvgIpc) is 2.48. The van der Waals surface area contributed by atoms with Gasteiger partial charge < -0.3 is 5.32 Å². The Morgan fingerprint density at radius 2 is 2.12 bits per heavy atom. The van der Waals surface area contributed by atoms with Gasteiger partial charge in [-0.15, -0.1) is 0 Å². The van der Waals surface area contributed by atoms with Crippen LogP contribution in [-0.2, 0) is 9.84 Å². The molecule has 0 fully saturated rings. The van der Waals surface area contributed by atoms with E-state index >= 15 is 0 Å². The first-order valence-electron chi connectivity index (χ1n) is 5.43. The summed E-state index contributed by atoms with van der Waals surface area (Å²) in [5.41, 5.74) is 0. The van der Waals surface area contributed by atoms with Crippen molar-refractivity contribution in [3.05, 3.63) is 0 Å². The van der Waals surface area contributed by atoms with E-state index in [1.54, 1.807) is 11.8 Å². The Morgan fingerprint density at radius 1 is 1.50 bits per heavy atom. The predicted molar refractivity (Wildman–Crippen MR) is 70.8 cm³/mol. The van der Waals surface area contributed by atoms with Gasteiger partial charge in [-0.05, 0) is 12.8 Å². The van der Waals surface area contributed by atoms with Crippen LogP contribution in [-0.4, -0.2) is 43.4 Å². The van der Waals surface area contributed by atoms with Crippen LogP contribution >= 0.6 is 11.8 Å². The lowest BCUT2D eigenvalue weighted by Crippen LogP contribution is -2.35. The second-order valence-electron chi connectivity index (χ2n) is 4.69. The van der Waals surface area contributed by atoms with E-state index in [-0.39, 0.29) is 11.8 Å². The lowest BCUT2D eigenvalue weighted by Gasteiger charge is -2.13. The first kappa shape index (κ1) is 13.8. The third-order valence-corrected chi connectivity index (χ3v) is 4.48. The minimum absolute atomic E-state index is 0.0767. The summed E-state index contributed by atoms with van der Waals surface area (Å²) in [7, 11) is -2.92. The Kier molecular flexibility index (Phi) is 4.67. The summed E-state index contributed by atoms with van der Waals surface area (Å²) in [6.07, 6.45) is 1.26. The van der Waals surface area contributed by atoms with Crippen LogP contribution in [0.15, 0.2) is 4.99 Å². The average molecular weight is 264 g/mol. The summed E-state index contributed by atoms with van der Waals surface area (Å²) >= 11 is 1.68. The molecule has 0 radical (unpaired) electrons. The molecule has 0 amide bonds. The molecule has 0 aromatic heterocycles. The van der Waals surface area contributed by atoms with E-state index in [0.29, 0.717) is 12.0 Å². The second-order valence-corrected chi connectivity index (χ2v) is 7.89. The van der Waals surface area contributed by atoms with E-state index in [1.165, 1.54) is 6.26 Å². The minimum atomic E-state index is -2.92. The van der Waals surface area contributed by atoms with Gasteiger partial charge in [0.1, 0.15) is 9.84 Å². The molecule has 0 aromatic rings. The molecule has 0 bridgehead atoms. The molecular weight excluding hydrogens is 244 g/mol. The minimum Gasteiger partial charge on any atom is -0.361 e. The Morgan fingerprint density at radius 3 is 2.56 bits per heavy atom. The van der Waals surface area contributed by atoms with Crippen molar-refractivity contribution in [2.75, 3.05) is 17.8 Å². The van der Waals surface area contributed by atoms with Gasteiger partial charge in [-0.3, -0.25) is 4.99 Å². The van der Waals surface area contributed by atoms with Crippen LogP contribution in [0.4, 0.5) is 0 Å². The fourth-order valence-corrected chi connectivity index (χ4v) is 3.79. The molecule has 0 aliphatic carbocycles. The molecule has 94 valence electrons. The molecule has 1 aliphatic rings. The first-order valence-corrected chi connectivity index (χ1v) is 8.47. The van der Waals surface area contributed by atoms with Crippen LogP contribution in [0, 0.1) is 5.92 Å². The van der Waals surface area contributed by atoms with E-state index in [2.05, 4.69) is 24.2 Å². The molecule has 2 atom stereocenters. The summed E-state index contributed by atoms with van der Waals surface area (Å²) in [4.78, 5) is 4.53. The second kappa shape index (κ2) is 5.40. The summed E-state index contributed by atoms with van der Waals surface area (Å²) < 4.78 is 22.2. The molecule has 6 heteroatoms. The zero-order valence-electron chi connectivity index (χ0n) is 10.2. The Balaban J connectivity index is 2.47. The third kappa shape index (κ3) is 4.74. The largest absolute Gasteiger partial charge is 0.361 e. The quantitative estimate of drug-likeness (QED) is 0.827. The molecule has 1 heterocycles. The standard InChI is InChI=1S/C10H20N2O2S2/c1-7(2)9-5-15-10(12-9)11-8(3)6-16(4,13)14/h7-9H,5-6H2,1-4H3,(H,11,12)/t8?,9-/m1/s1. The molecule has 0 spiro atoms. The van der Waals surface area contributed by atoms with Crippen LogP contribution < -0.4 is 5.32 Å². The fraction of sp³-hybridized carbons (Fsp3) is 0.900. The Bertz CT molecular complexity index is 363. The summed E-state index contributed by atoms with van der Waals surface area (Å²) in [5, 5.41) is 4.04. The molecule has 16 heavy (non-hydrogen) atoms. The SMILES string of the molecule is CC(CS(C)(=O)=O)NC1=N[C@@H](C(C)C)CS1. The maximum absolute atomic E-state index is 11.1. The zero-order valence-corrected chi connectivity index (χ0v) is 11.9. The van der Waals surface area contributed by atoms with Crippen LogP contribution in [0.3, 0.4) is 0 Å². The van der Waals surface area contributed by atoms with Crippen LogP contribution in [0.1, 0.15) is 20.8 Å². The normalized spacial score (nSPS) is 23.3. The highest BCUT2D eigenvalue weighted by Crippen LogP contribution is 2.22. The number of nitrogens with one attached hydrogen (secondary N) is 1. The highest BCUT2D eigenvalue weighted by atomic mass is 32.2. The van der Waals surface area contributed by atoms with Crippen molar-refractivity contribution in [1.29, 1.82) is 0 Å².